The van der Waals surface area contributed by atoms with Crippen LogP contribution in [0.4, 0.5) is 11.8 Å². The fourth-order valence-corrected chi connectivity index (χ4v) is 4.28. The minimum Gasteiger partial charge on any atom is -0.465 e. The van der Waals surface area contributed by atoms with E-state index in [4.69, 9.17) is 4.74 Å². The predicted octanol–water partition coefficient (Wildman–Crippen LogP) is 5.98. The Morgan fingerprint density at radius 2 is 1.20 bits per heavy atom. The number of hydrogen-bond acceptors (Lipinski definition) is 6. The maximum Gasteiger partial charge on any atom is 0.338 e. The van der Waals surface area contributed by atoms with Crippen molar-refractivity contribution >= 4 is 46.0 Å². The molecule has 0 aliphatic carbocycles. The highest BCUT2D eigenvalue weighted by atomic mass is 16.5. The maximum atomic E-state index is 13.3. The van der Waals surface area contributed by atoms with Crippen molar-refractivity contribution in [1.82, 2.24) is 9.97 Å². The summed E-state index contributed by atoms with van der Waals surface area (Å²) < 4.78 is 5.06. The topological polar surface area (TPSA) is 110 Å². The first kappa shape index (κ1) is 26.0. The van der Waals surface area contributed by atoms with Crippen LogP contribution in [0.3, 0.4) is 0 Å². The normalized spacial score (nSPS) is 10.5. The molecule has 0 atom stereocenters. The van der Waals surface area contributed by atoms with Gasteiger partial charge in [-0.15, -0.1) is 0 Å². The van der Waals surface area contributed by atoms with Gasteiger partial charge in [-0.3, -0.25) is 14.9 Å². The van der Waals surface area contributed by atoms with Crippen molar-refractivity contribution in [1.29, 1.82) is 0 Å². The zero-order chi connectivity index (χ0) is 28.1. The van der Waals surface area contributed by atoms with E-state index in [0.717, 1.165) is 5.56 Å². The molecule has 1 heterocycles. The molecule has 196 valence electrons. The van der Waals surface area contributed by atoms with Crippen molar-refractivity contribution in [3.63, 3.8) is 0 Å². The first-order valence-electron chi connectivity index (χ1n) is 12.4. The van der Waals surface area contributed by atoms with Crippen LogP contribution in [0.15, 0.2) is 110 Å². The standard InChI is InChI=1S/C32H24N4O4/c1-20(21-12-6-3-7-13-21)26-24(31(39)40-2)18-19-25-27(26)28(34-29(37)22-14-8-4-9-15-22)35-32(33-25)36-30(38)23-16-10-5-11-17-23/h3-19H,1H2,2H3,(H2,33,34,35,36,37,38). The van der Waals surface area contributed by atoms with Gasteiger partial charge in [0, 0.05) is 16.7 Å². The quantitative estimate of drug-likeness (QED) is 0.251. The van der Waals surface area contributed by atoms with E-state index in [0.29, 0.717) is 33.2 Å². The fourth-order valence-electron chi connectivity index (χ4n) is 4.28. The summed E-state index contributed by atoms with van der Waals surface area (Å²) >= 11 is 0. The van der Waals surface area contributed by atoms with Gasteiger partial charge >= 0.3 is 5.97 Å². The van der Waals surface area contributed by atoms with Crippen molar-refractivity contribution in [2.75, 3.05) is 17.7 Å². The SMILES string of the molecule is C=C(c1ccccc1)c1c(C(=O)OC)ccc2nc(NC(=O)c3ccccc3)nc(NC(=O)c3ccccc3)c12. The maximum absolute atomic E-state index is 13.3. The number of anilines is 2. The van der Waals surface area contributed by atoms with Gasteiger partial charge in [0.25, 0.3) is 11.8 Å². The van der Waals surface area contributed by atoms with Gasteiger partial charge in [-0.1, -0.05) is 73.3 Å². The molecule has 2 amide bonds. The van der Waals surface area contributed by atoms with Crippen molar-refractivity contribution in [3.05, 3.63) is 138 Å². The highest BCUT2D eigenvalue weighted by molar-refractivity contribution is 6.14. The number of esters is 1. The number of fused-ring (bicyclic) bond motifs is 1. The Kier molecular flexibility index (Phi) is 7.41. The summed E-state index contributed by atoms with van der Waals surface area (Å²) in [6.45, 7) is 4.27. The average molecular weight is 529 g/mol. The molecule has 0 fully saturated rings. The van der Waals surface area contributed by atoms with Crippen LogP contribution in [0, 0.1) is 0 Å². The molecule has 40 heavy (non-hydrogen) atoms. The highest BCUT2D eigenvalue weighted by Gasteiger charge is 2.24. The van der Waals surface area contributed by atoms with Gasteiger partial charge < -0.3 is 10.1 Å². The third kappa shape index (κ3) is 5.32. The lowest BCUT2D eigenvalue weighted by Crippen LogP contribution is -2.18. The Balaban J connectivity index is 1.71. The molecule has 0 bridgehead atoms. The van der Waals surface area contributed by atoms with Crippen LogP contribution in [0.5, 0.6) is 0 Å². The zero-order valence-electron chi connectivity index (χ0n) is 21.5. The molecule has 5 rings (SSSR count). The van der Waals surface area contributed by atoms with Gasteiger partial charge in [0.15, 0.2) is 0 Å². The number of amides is 2. The zero-order valence-corrected chi connectivity index (χ0v) is 21.5. The van der Waals surface area contributed by atoms with E-state index in [9.17, 15) is 14.4 Å². The Hall–Kier alpha value is -5.63. The minimum atomic E-state index is -0.587. The molecule has 8 nitrogen and oxygen atoms in total. The second-order valence-corrected chi connectivity index (χ2v) is 8.75. The van der Waals surface area contributed by atoms with Crippen molar-refractivity contribution < 1.29 is 19.1 Å². The van der Waals surface area contributed by atoms with Gasteiger partial charge in [-0.05, 0) is 47.5 Å². The number of aromatic nitrogens is 2. The Labute approximate surface area is 230 Å². The summed E-state index contributed by atoms with van der Waals surface area (Å²) in [7, 11) is 1.29. The van der Waals surface area contributed by atoms with E-state index in [1.807, 2.05) is 30.3 Å². The molecular formula is C32H24N4O4. The molecule has 0 aliphatic rings. The number of methoxy groups -OCH3 is 1. The summed E-state index contributed by atoms with van der Waals surface area (Å²) in [4.78, 5) is 48.1. The number of nitrogens with zero attached hydrogens (tertiary/aromatic N) is 2. The summed E-state index contributed by atoms with van der Waals surface area (Å²) in [6.07, 6.45) is 0. The number of nitrogens with one attached hydrogen (secondary N) is 2. The number of carbonyl (C=O) groups is 3. The molecule has 0 unspecified atom stereocenters. The lowest BCUT2D eigenvalue weighted by atomic mass is 9.91. The first-order valence-corrected chi connectivity index (χ1v) is 12.4. The number of rotatable bonds is 7. The average Bonchev–Trinajstić information content (AvgIpc) is 3.01. The molecule has 4 aromatic carbocycles. The van der Waals surface area contributed by atoms with Crippen molar-refractivity contribution in [2.45, 2.75) is 0 Å². The van der Waals surface area contributed by atoms with Crippen LogP contribution in [0.25, 0.3) is 16.5 Å². The number of hydrogen-bond donors (Lipinski definition) is 2. The number of carbonyl (C=O) groups excluding carboxylic acids is 3. The van der Waals surface area contributed by atoms with Crippen LogP contribution >= 0.6 is 0 Å². The van der Waals surface area contributed by atoms with Gasteiger partial charge in [0.2, 0.25) is 5.95 Å². The summed E-state index contributed by atoms with van der Waals surface area (Å²) in [6, 6.07) is 29.8. The molecule has 0 saturated carbocycles. The summed E-state index contributed by atoms with van der Waals surface area (Å²) in [5, 5.41) is 5.93. The Morgan fingerprint density at radius 1 is 0.675 bits per heavy atom. The first-order chi connectivity index (χ1) is 19.5. The van der Waals surface area contributed by atoms with Gasteiger partial charge in [-0.2, -0.15) is 4.98 Å². The fraction of sp³-hybridized carbons (Fsp3) is 0.0312. The second-order valence-electron chi connectivity index (χ2n) is 8.75. The molecule has 1 aromatic heterocycles. The molecule has 0 aliphatic heterocycles. The van der Waals surface area contributed by atoms with Crippen LogP contribution < -0.4 is 10.6 Å². The van der Waals surface area contributed by atoms with Gasteiger partial charge in [-0.25, -0.2) is 9.78 Å². The predicted molar refractivity (Wildman–Crippen MR) is 154 cm³/mol. The lowest BCUT2D eigenvalue weighted by Gasteiger charge is -2.18. The van der Waals surface area contributed by atoms with Crippen molar-refractivity contribution in [3.8, 4) is 0 Å². The van der Waals surface area contributed by atoms with Gasteiger partial charge in [0.05, 0.1) is 23.6 Å². The smallest absolute Gasteiger partial charge is 0.338 e. The molecule has 0 radical (unpaired) electrons. The van der Waals surface area contributed by atoms with E-state index < -0.39 is 17.8 Å². The van der Waals surface area contributed by atoms with Crippen LogP contribution in [0.1, 0.15) is 42.2 Å². The molecule has 0 spiro atoms. The van der Waals surface area contributed by atoms with Crippen LogP contribution in [0.2, 0.25) is 0 Å². The summed E-state index contributed by atoms with van der Waals surface area (Å²) in [5.41, 5.74) is 3.08. The minimum absolute atomic E-state index is 0.0215. The largest absolute Gasteiger partial charge is 0.465 e. The lowest BCUT2D eigenvalue weighted by molar-refractivity contribution is 0.0600. The van der Waals surface area contributed by atoms with E-state index in [2.05, 4.69) is 27.2 Å². The number of benzene rings is 4. The van der Waals surface area contributed by atoms with E-state index in [-0.39, 0.29) is 17.3 Å². The van der Waals surface area contributed by atoms with Crippen LogP contribution in [-0.4, -0.2) is 34.9 Å². The van der Waals surface area contributed by atoms with E-state index >= 15 is 0 Å². The third-order valence-electron chi connectivity index (χ3n) is 6.22. The Bertz CT molecular complexity index is 1740. The van der Waals surface area contributed by atoms with E-state index in [1.165, 1.54) is 7.11 Å². The van der Waals surface area contributed by atoms with Gasteiger partial charge in [0.1, 0.15) is 5.82 Å². The van der Waals surface area contributed by atoms with Crippen LogP contribution in [-0.2, 0) is 4.74 Å². The molecule has 8 heteroatoms. The third-order valence-corrected chi connectivity index (χ3v) is 6.22. The summed E-state index contributed by atoms with van der Waals surface area (Å²) in [5.74, 6) is -1.36. The van der Waals surface area contributed by atoms with E-state index in [1.54, 1.807) is 72.8 Å². The Morgan fingerprint density at radius 3 is 1.75 bits per heavy atom. The molecule has 0 saturated heterocycles. The number of ether oxygens (including phenoxy) is 1. The van der Waals surface area contributed by atoms with Crippen molar-refractivity contribution in [2.24, 2.45) is 0 Å². The molecular weight excluding hydrogens is 504 g/mol. The molecule has 2 N–H and O–H groups in total. The molecule has 5 aromatic rings. The monoisotopic (exact) mass is 528 g/mol. The highest BCUT2D eigenvalue weighted by Crippen LogP contribution is 2.36. The second kappa shape index (κ2) is 11.4.